The van der Waals surface area contributed by atoms with Gasteiger partial charge in [0, 0.05) is 0 Å². The van der Waals surface area contributed by atoms with Gasteiger partial charge in [-0.15, -0.1) is 0 Å². The lowest BCUT2D eigenvalue weighted by atomic mass is 9.89. The highest BCUT2D eigenvalue weighted by Gasteiger charge is 2.21. The summed E-state index contributed by atoms with van der Waals surface area (Å²) in [4.78, 5) is 24.0. The van der Waals surface area contributed by atoms with Crippen LogP contribution in [0, 0.1) is 0 Å². The molecule has 1 aromatic carbocycles. The minimum absolute atomic E-state index is 0.162. The number of aromatic carboxylic acids is 2. The van der Waals surface area contributed by atoms with E-state index in [2.05, 4.69) is 13.8 Å². The molecule has 0 aliphatic heterocycles. The van der Waals surface area contributed by atoms with Crippen LogP contribution in [0.1, 0.15) is 174 Å². The molecule has 206 valence electrons. The van der Waals surface area contributed by atoms with Gasteiger partial charge >= 0.3 is 11.9 Å². The van der Waals surface area contributed by atoms with Crippen LogP contribution in [-0.4, -0.2) is 22.2 Å². The third-order valence-electron chi connectivity index (χ3n) is 7.42. The average Bonchev–Trinajstić information content (AvgIpc) is 2.85. The fraction of sp³-hybridized carbons (Fsp3) is 0.750. The lowest BCUT2D eigenvalue weighted by Crippen LogP contribution is -2.13. The molecule has 1 rings (SSSR count). The molecule has 1 aromatic rings. The third-order valence-corrected chi connectivity index (χ3v) is 7.42. The number of benzene rings is 1. The fourth-order valence-corrected chi connectivity index (χ4v) is 5.22. The maximum absolute atomic E-state index is 12.2. The summed E-state index contributed by atoms with van der Waals surface area (Å²) in [6.45, 7) is 4.48. The third kappa shape index (κ3) is 14.0. The van der Waals surface area contributed by atoms with Gasteiger partial charge in [-0.25, -0.2) is 9.59 Å². The van der Waals surface area contributed by atoms with Gasteiger partial charge in [0.25, 0.3) is 0 Å². The molecule has 0 amide bonds. The Labute approximate surface area is 221 Å². The van der Waals surface area contributed by atoms with Crippen molar-refractivity contribution >= 4 is 11.9 Å². The van der Waals surface area contributed by atoms with Gasteiger partial charge in [0.15, 0.2) is 0 Å². The Hall–Kier alpha value is -1.84. The topological polar surface area (TPSA) is 74.6 Å². The normalized spacial score (nSPS) is 11.2. The largest absolute Gasteiger partial charge is 0.478 e. The van der Waals surface area contributed by atoms with Crippen molar-refractivity contribution < 1.29 is 19.8 Å². The Bertz CT molecular complexity index is 725. The number of rotatable bonds is 24. The molecule has 0 fully saturated rings. The van der Waals surface area contributed by atoms with Crippen LogP contribution in [0.5, 0.6) is 0 Å². The summed E-state index contributed by atoms with van der Waals surface area (Å²) < 4.78 is 0. The lowest BCUT2D eigenvalue weighted by Gasteiger charge is -2.15. The summed E-state index contributed by atoms with van der Waals surface area (Å²) >= 11 is 0. The second-order valence-corrected chi connectivity index (χ2v) is 10.6. The molecule has 0 unspecified atom stereocenters. The van der Waals surface area contributed by atoms with E-state index in [9.17, 15) is 19.8 Å². The van der Waals surface area contributed by atoms with Gasteiger partial charge in [0.1, 0.15) is 0 Å². The second kappa shape index (κ2) is 21.3. The van der Waals surface area contributed by atoms with E-state index in [1.54, 1.807) is 12.1 Å². The first kappa shape index (κ1) is 32.2. The first-order valence-electron chi connectivity index (χ1n) is 15.1. The van der Waals surface area contributed by atoms with Gasteiger partial charge in [-0.3, -0.25) is 0 Å². The van der Waals surface area contributed by atoms with Gasteiger partial charge in [0.05, 0.1) is 11.1 Å². The molecule has 0 atom stereocenters. The van der Waals surface area contributed by atoms with E-state index < -0.39 is 11.9 Å². The van der Waals surface area contributed by atoms with Crippen LogP contribution < -0.4 is 0 Å². The van der Waals surface area contributed by atoms with Gasteiger partial charge in [-0.1, -0.05) is 135 Å². The highest BCUT2D eigenvalue weighted by Crippen LogP contribution is 2.25. The maximum Gasteiger partial charge on any atom is 0.336 e. The summed E-state index contributed by atoms with van der Waals surface area (Å²) in [5, 5.41) is 19.7. The predicted molar refractivity (Wildman–Crippen MR) is 151 cm³/mol. The first-order chi connectivity index (χ1) is 17.5. The standard InChI is InChI=1S/C32H54O4/c1-3-5-7-9-11-13-15-17-19-21-23-27-25-26-29(31(33)34)28(30(27)32(35)36)24-22-20-18-16-14-12-10-8-6-4-2/h25-26H,3-24H2,1-2H3,(H,33,34)(H,35,36). The minimum Gasteiger partial charge on any atom is -0.478 e. The quantitative estimate of drug-likeness (QED) is 0.138. The highest BCUT2D eigenvalue weighted by molar-refractivity contribution is 5.97. The van der Waals surface area contributed by atoms with Gasteiger partial charge < -0.3 is 10.2 Å². The molecule has 0 heterocycles. The van der Waals surface area contributed by atoms with E-state index in [0.717, 1.165) is 37.7 Å². The Morgan fingerprint density at radius 3 is 1.31 bits per heavy atom. The van der Waals surface area contributed by atoms with Crippen LogP contribution in [-0.2, 0) is 12.8 Å². The lowest BCUT2D eigenvalue weighted by molar-refractivity contribution is 0.0694. The number of unbranched alkanes of at least 4 members (excludes halogenated alkanes) is 18. The number of hydrogen-bond donors (Lipinski definition) is 2. The van der Waals surface area contributed by atoms with Crippen molar-refractivity contribution in [3.05, 3.63) is 34.4 Å². The van der Waals surface area contributed by atoms with Crippen molar-refractivity contribution in [1.82, 2.24) is 0 Å². The summed E-state index contributed by atoms with van der Waals surface area (Å²) in [5.74, 6) is -2.01. The molecule has 0 saturated carbocycles. The smallest absolute Gasteiger partial charge is 0.336 e. The molecule has 0 spiro atoms. The number of hydrogen-bond acceptors (Lipinski definition) is 2. The molecule has 0 aliphatic carbocycles. The van der Waals surface area contributed by atoms with Gasteiger partial charge in [-0.05, 0) is 42.9 Å². The molecule has 36 heavy (non-hydrogen) atoms. The maximum atomic E-state index is 12.2. The second-order valence-electron chi connectivity index (χ2n) is 10.6. The summed E-state index contributed by atoms with van der Waals surface area (Å²) in [6.07, 6.45) is 25.7. The van der Waals surface area contributed by atoms with Crippen LogP contribution >= 0.6 is 0 Å². The van der Waals surface area contributed by atoms with E-state index in [4.69, 9.17) is 0 Å². The minimum atomic E-state index is -1.02. The molecule has 4 nitrogen and oxygen atoms in total. The first-order valence-corrected chi connectivity index (χ1v) is 15.1. The van der Waals surface area contributed by atoms with Crippen molar-refractivity contribution in [3.8, 4) is 0 Å². The van der Waals surface area contributed by atoms with E-state index in [1.807, 2.05) is 0 Å². The molecule has 2 N–H and O–H groups in total. The van der Waals surface area contributed by atoms with Gasteiger partial charge in [0.2, 0.25) is 0 Å². The Balaban J connectivity index is 2.51. The van der Waals surface area contributed by atoms with Crippen molar-refractivity contribution in [2.45, 2.75) is 155 Å². The summed E-state index contributed by atoms with van der Waals surface area (Å²) in [6, 6.07) is 3.37. The van der Waals surface area contributed by atoms with Gasteiger partial charge in [-0.2, -0.15) is 0 Å². The summed E-state index contributed by atoms with van der Waals surface area (Å²) in [5.41, 5.74) is 1.74. The fourth-order valence-electron chi connectivity index (χ4n) is 5.22. The highest BCUT2D eigenvalue weighted by atomic mass is 16.4. The number of carbonyl (C=O) groups is 2. The van der Waals surface area contributed by atoms with E-state index in [-0.39, 0.29) is 11.1 Å². The van der Waals surface area contributed by atoms with Crippen LogP contribution in [0.15, 0.2) is 12.1 Å². The number of carboxylic acid groups (broad SMARTS) is 2. The molecule has 0 radical (unpaired) electrons. The van der Waals surface area contributed by atoms with Crippen molar-refractivity contribution in [2.75, 3.05) is 0 Å². The van der Waals surface area contributed by atoms with Crippen LogP contribution in [0.4, 0.5) is 0 Å². The zero-order chi connectivity index (χ0) is 26.4. The molecule has 0 aliphatic rings. The van der Waals surface area contributed by atoms with Crippen LogP contribution in [0.2, 0.25) is 0 Å². The SMILES string of the molecule is CCCCCCCCCCCCc1ccc(C(=O)O)c(CCCCCCCCCCCC)c1C(=O)O. The monoisotopic (exact) mass is 502 g/mol. The van der Waals surface area contributed by atoms with E-state index >= 15 is 0 Å². The van der Waals surface area contributed by atoms with E-state index in [1.165, 1.54) is 96.3 Å². The molecular formula is C32H54O4. The Kier molecular flexibility index (Phi) is 19.0. The zero-order valence-electron chi connectivity index (χ0n) is 23.4. The molecule has 0 saturated heterocycles. The van der Waals surface area contributed by atoms with Crippen molar-refractivity contribution in [2.24, 2.45) is 0 Å². The van der Waals surface area contributed by atoms with Crippen molar-refractivity contribution in [1.29, 1.82) is 0 Å². The zero-order valence-corrected chi connectivity index (χ0v) is 23.4. The molecule has 0 aromatic heterocycles. The summed E-state index contributed by atoms with van der Waals surface area (Å²) in [7, 11) is 0. The van der Waals surface area contributed by atoms with Crippen molar-refractivity contribution in [3.63, 3.8) is 0 Å². The van der Waals surface area contributed by atoms with Crippen LogP contribution in [0.25, 0.3) is 0 Å². The Morgan fingerprint density at radius 1 is 0.528 bits per heavy atom. The molecule has 4 heteroatoms. The number of carboxylic acids is 2. The molecule has 0 bridgehead atoms. The van der Waals surface area contributed by atoms with E-state index in [0.29, 0.717) is 18.4 Å². The molecular weight excluding hydrogens is 448 g/mol. The average molecular weight is 503 g/mol. The predicted octanol–water partition coefficient (Wildman–Crippen LogP) is 10.0. The van der Waals surface area contributed by atoms with Crippen LogP contribution in [0.3, 0.4) is 0 Å². The Morgan fingerprint density at radius 2 is 0.917 bits per heavy atom. The number of aryl methyl sites for hydroxylation is 1.